The zero-order valence-electron chi connectivity index (χ0n) is 22.6. The highest BCUT2D eigenvalue weighted by atomic mass is 32.2. The van der Waals surface area contributed by atoms with E-state index in [1.54, 1.807) is 11.1 Å². The van der Waals surface area contributed by atoms with E-state index in [4.69, 9.17) is 4.74 Å². The van der Waals surface area contributed by atoms with Crippen molar-refractivity contribution in [1.29, 1.82) is 0 Å². The summed E-state index contributed by atoms with van der Waals surface area (Å²) in [6, 6.07) is 15.8. The Hall–Kier alpha value is -4.31. The lowest BCUT2D eigenvalue weighted by Gasteiger charge is -2.36. The average molecular weight is 570 g/mol. The third-order valence-electron chi connectivity index (χ3n) is 7.76. The molecule has 3 N–H and O–H groups in total. The predicted molar refractivity (Wildman–Crippen MR) is 158 cm³/mol. The van der Waals surface area contributed by atoms with Gasteiger partial charge in [-0.1, -0.05) is 49.4 Å². The molecule has 1 aromatic heterocycles. The van der Waals surface area contributed by atoms with E-state index in [0.717, 1.165) is 53.3 Å². The first-order valence-corrected chi connectivity index (χ1v) is 14.6. The molecule has 3 aliphatic rings. The summed E-state index contributed by atoms with van der Waals surface area (Å²) in [5.74, 6) is 0.975. The van der Waals surface area contributed by atoms with Crippen molar-refractivity contribution in [1.82, 2.24) is 20.9 Å². The smallest absolute Gasteiger partial charge is 0.327 e. The molecule has 10 heteroatoms. The third kappa shape index (κ3) is 5.27. The lowest BCUT2D eigenvalue weighted by Crippen LogP contribution is -2.56. The summed E-state index contributed by atoms with van der Waals surface area (Å²) in [4.78, 5) is 45.4. The number of ether oxygens (including phenoxy) is 1. The van der Waals surface area contributed by atoms with Gasteiger partial charge in [0, 0.05) is 23.8 Å². The second-order valence-corrected chi connectivity index (χ2v) is 11.6. The number of hydrogen-bond donors (Lipinski definition) is 3. The van der Waals surface area contributed by atoms with Crippen LogP contribution in [0.5, 0.6) is 11.5 Å². The highest BCUT2D eigenvalue weighted by Gasteiger charge is 2.47. The van der Waals surface area contributed by atoms with Crippen molar-refractivity contribution in [2.75, 3.05) is 4.90 Å². The van der Waals surface area contributed by atoms with Gasteiger partial charge in [-0.3, -0.25) is 14.5 Å². The van der Waals surface area contributed by atoms with Gasteiger partial charge in [0.1, 0.15) is 21.8 Å². The third-order valence-corrected chi connectivity index (χ3v) is 9.05. The SMILES string of the molecule is C=CC(=O)N[C@@H]1CCCC[C@@H]1NC(=O)C1Sc2nccc3c2C1NC(=O)N3c1ccc(Oc2ccccc2)cc1C. The Balaban J connectivity index is 1.23. The van der Waals surface area contributed by atoms with Gasteiger partial charge in [-0.2, -0.15) is 0 Å². The van der Waals surface area contributed by atoms with Crippen molar-refractivity contribution >= 4 is 41.0 Å². The maximum atomic E-state index is 13.6. The van der Waals surface area contributed by atoms with Crippen molar-refractivity contribution in [3.05, 3.63) is 84.6 Å². The average Bonchev–Trinajstić information content (AvgIpc) is 3.35. The zero-order chi connectivity index (χ0) is 28.5. The second-order valence-electron chi connectivity index (χ2n) is 10.4. The van der Waals surface area contributed by atoms with Crippen LogP contribution in [0.3, 0.4) is 0 Å². The van der Waals surface area contributed by atoms with Crippen LogP contribution in [0.2, 0.25) is 0 Å². The molecule has 4 amide bonds. The van der Waals surface area contributed by atoms with Gasteiger partial charge in [-0.15, -0.1) is 0 Å². The van der Waals surface area contributed by atoms with Crippen molar-refractivity contribution in [3.8, 4) is 11.5 Å². The number of thioether (sulfide) groups is 1. The zero-order valence-corrected chi connectivity index (χ0v) is 23.4. The number of nitrogens with zero attached hydrogens (tertiary/aromatic N) is 2. The van der Waals surface area contributed by atoms with Crippen molar-refractivity contribution < 1.29 is 19.1 Å². The first kappa shape index (κ1) is 26.9. The van der Waals surface area contributed by atoms with Crippen LogP contribution in [0, 0.1) is 6.92 Å². The number of hydrogen-bond acceptors (Lipinski definition) is 6. The molecule has 1 fully saturated rings. The van der Waals surface area contributed by atoms with Gasteiger partial charge in [0.25, 0.3) is 0 Å². The molecule has 2 aromatic carbocycles. The Bertz CT molecular complexity index is 1510. The number of aromatic nitrogens is 1. The van der Waals surface area contributed by atoms with E-state index in [1.165, 1.54) is 17.8 Å². The van der Waals surface area contributed by atoms with E-state index in [0.29, 0.717) is 11.4 Å². The van der Waals surface area contributed by atoms with E-state index >= 15 is 0 Å². The molecule has 2 aliphatic heterocycles. The molecule has 9 nitrogen and oxygen atoms in total. The molecule has 6 rings (SSSR count). The molecule has 3 heterocycles. The Morgan fingerprint density at radius 2 is 1.80 bits per heavy atom. The van der Waals surface area contributed by atoms with E-state index in [9.17, 15) is 14.4 Å². The molecule has 4 atom stereocenters. The lowest BCUT2D eigenvalue weighted by molar-refractivity contribution is -0.123. The number of benzene rings is 2. The maximum absolute atomic E-state index is 13.6. The van der Waals surface area contributed by atoms with Gasteiger partial charge in [0.2, 0.25) is 11.8 Å². The van der Waals surface area contributed by atoms with Crippen LogP contribution in [-0.2, 0) is 9.59 Å². The molecular formula is C31H31N5O4S. The topological polar surface area (TPSA) is 113 Å². The highest BCUT2D eigenvalue weighted by Crippen LogP contribution is 2.51. The number of amides is 4. The summed E-state index contributed by atoms with van der Waals surface area (Å²) in [5, 5.41) is 9.33. The minimum Gasteiger partial charge on any atom is -0.457 e. The Morgan fingerprint density at radius 1 is 1.05 bits per heavy atom. The summed E-state index contributed by atoms with van der Waals surface area (Å²) < 4.78 is 5.98. The van der Waals surface area contributed by atoms with Crippen LogP contribution >= 0.6 is 11.8 Å². The Morgan fingerprint density at radius 3 is 2.54 bits per heavy atom. The Kier molecular flexibility index (Phi) is 7.40. The summed E-state index contributed by atoms with van der Waals surface area (Å²) in [6.07, 6.45) is 6.44. The number of pyridine rings is 1. The largest absolute Gasteiger partial charge is 0.457 e. The molecule has 210 valence electrons. The molecule has 0 saturated heterocycles. The van der Waals surface area contributed by atoms with Crippen LogP contribution in [0.1, 0.15) is 42.9 Å². The molecule has 0 spiro atoms. The number of nitrogens with one attached hydrogen (secondary N) is 3. The fourth-order valence-electron chi connectivity index (χ4n) is 5.81. The normalized spacial score (nSPS) is 22.8. The number of aryl methyl sites for hydroxylation is 1. The quantitative estimate of drug-likeness (QED) is 0.334. The van der Waals surface area contributed by atoms with Crippen LogP contribution in [0.25, 0.3) is 0 Å². The number of carbonyl (C=O) groups is 3. The standard InChI is InChI=1S/C31H31N5O4S/c1-3-25(37)33-21-11-7-8-12-22(21)34-29(38)28-27-26-24(15-16-32-30(26)41-28)36(31(39)35-27)23-14-13-20(17-18(23)2)40-19-9-5-4-6-10-19/h3-6,9-10,13-17,21-22,27-28H,1,7-8,11-12H2,2H3,(H,33,37)(H,34,38)(H,35,39)/t21-,22+,27?,28?/m1/s1. The van der Waals surface area contributed by atoms with Crippen molar-refractivity contribution in [2.45, 2.75) is 61.0 Å². The summed E-state index contributed by atoms with van der Waals surface area (Å²) >= 11 is 1.36. The van der Waals surface area contributed by atoms with Crippen molar-refractivity contribution in [2.24, 2.45) is 0 Å². The second kappa shape index (κ2) is 11.3. The first-order chi connectivity index (χ1) is 19.9. The summed E-state index contributed by atoms with van der Waals surface area (Å²) in [7, 11) is 0. The number of carbonyl (C=O) groups excluding carboxylic acids is 3. The minimum atomic E-state index is -0.579. The molecule has 0 radical (unpaired) electrons. The van der Waals surface area contributed by atoms with E-state index in [-0.39, 0.29) is 29.9 Å². The number of para-hydroxylation sites is 1. The fourth-order valence-corrected chi connectivity index (χ4v) is 7.05. The molecule has 3 aromatic rings. The number of anilines is 2. The van der Waals surface area contributed by atoms with E-state index < -0.39 is 11.3 Å². The molecule has 1 saturated carbocycles. The first-order valence-electron chi connectivity index (χ1n) is 13.8. The predicted octanol–water partition coefficient (Wildman–Crippen LogP) is 5.29. The van der Waals surface area contributed by atoms with Gasteiger partial charge in [0.05, 0.1) is 17.4 Å². The minimum absolute atomic E-state index is 0.158. The monoisotopic (exact) mass is 569 g/mol. The van der Waals surface area contributed by atoms with Crippen LogP contribution < -0.4 is 25.6 Å². The molecular weight excluding hydrogens is 538 g/mol. The lowest BCUT2D eigenvalue weighted by atomic mass is 9.89. The van der Waals surface area contributed by atoms with Gasteiger partial charge >= 0.3 is 6.03 Å². The van der Waals surface area contributed by atoms with E-state index in [2.05, 4.69) is 27.5 Å². The molecule has 0 bridgehead atoms. The fraction of sp³-hybridized carbons (Fsp3) is 0.290. The van der Waals surface area contributed by atoms with Gasteiger partial charge < -0.3 is 20.7 Å². The molecule has 1 aliphatic carbocycles. The van der Waals surface area contributed by atoms with Gasteiger partial charge in [-0.05, 0) is 67.8 Å². The molecule has 41 heavy (non-hydrogen) atoms. The summed E-state index contributed by atoms with van der Waals surface area (Å²) in [5.41, 5.74) is 3.12. The van der Waals surface area contributed by atoms with Crippen LogP contribution in [0.15, 0.2) is 78.5 Å². The number of rotatable bonds is 7. The van der Waals surface area contributed by atoms with Crippen LogP contribution in [0.4, 0.5) is 16.2 Å². The van der Waals surface area contributed by atoms with Gasteiger partial charge in [0.15, 0.2) is 0 Å². The van der Waals surface area contributed by atoms with E-state index in [1.807, 2.05) is 61.5 Å². The van der Waals surface area contributed by atoms with Crippen LogP contribution in [-0.4, -0.2) is 40.2 Å². The summed E-state index contributed by atoms with van der Waals surface area (Å²) in [6.45, 7) is 5.47. The maximum Gasteiger partial charge on any atom is 0.327 e. The number of urea groups is 1. The highest BCUT2D eigenvalue weighted by molar-refractivity contribution is 8.01. The van der Waals surface area contributed by atoms with Gasteiger partial charge in [-0.25, -0.2) is 9.78 Å². The molecule has 2 unspecified atom stereocenters. The Labute approximate surface area is 242 Å². The van der Waals surface area contributed by atoms with Crippen molar-refractivity contribution in [3.63, 3.8) is 0 Å².